The number of benzene rings is 1. The predicted molar refractivity (Wildman–Crippen MR) is 108 cm³/mol. The van der Waals surface area contributed by atoms with Crippen molar-refractivity contribution in [3.05, 3.63) is 53.3 Å². The van der Waals surface area contributed by atoms with Gasteiger partial charge in [0.1, 0.15) is 0 Å². The fourth-order valence-corrected chi connectivity index (χ4v) is 5.49. The number of nitrogens with one attached hydrogen (secondary N) is 1. The van der Waals surface area contributed by atoms with Crippen molar-refractivity contribution in [1.82, 2.24) is 15.1 Å². The summed E-state index contributed by atoms with van der Waals surface area (Å²) in [5.74, 6) is 2.02. The lowest BCUT2D eigenvalue weighted by atomic mass is 9.53. The predicted octanol–water partition coefficient (Wildman–Crippen LogP) is 4.54. The van der Waals surface area contributed by atoms with Gasteiger partial charge in [0.25, 0.3) is 0 Å². The van der Waals surface area contributed by atoms with E-state index in [2.05, 4.69) is 60.7 Å². The second kappa shape index (κ2) is 7.49. The highest BCUT2D eigenvalue weighted by Gasteiger charge is 2.51. The summed E-state index contributed by atoms with van der Waals surface area (Å²) < 4.78 is 1.98. The number of carbonyl (C=O) groups excluding carboxylic acids is 1. The van der Waals surface area contributed by atoms with Crippen LogP contribution in [0.3, 0.4) is 0 Å². The number of hydrogen-bond acceptors (Lipinski definition) is 2. The standard InChI is InChI=1S/C23H31N3O/c1-15-13-16(2)26(25-15)17(3)14-21(27)24-23-20-12-8-7-11-19(20)22(23)18-9-5-4-6-10-18/h4-6,9-10,13,17,19-20,22-23H,7-8,11-12,14H2,1-3H3,(H,24,27)/t17-,19+,20+,22+,23+/m1/s1. The zero-order chi connectivity index (χ0) is 19.0. The highest BCUT2D eigenvalue weighted by atomic mass is 16.1. The molecule has 1 amide bonds. The number of amides is 1. The van der Waals surface area contributed by atoms with Gasteiger partial charge in [0.15, 0.2) is 0 Å². The first-order chi connectivity index (χ1) is 13.0. The highest BCUT2D eigenvalue weighted by molar-refractivity contribution is 5.77. The molecule has 27 heavy (non-hydrogen) atoms. The minimum Gasteiger partial charge on any atom is -0.352 e. The molecule has 1 aromatic heterocycles. The van der Waals surface area contributed by atoms with Crippen molar-refractivity contribution >= 4 is 5.91 Å². The van der Waals surface area contributed by atoms with Gasteiger partial charge in [-0.15, -0.1) is 0 Å². The lowest BCUT2D eigenvalue weighted by molar-refractivity contribution is -0.125. The van der Waals surface area contributed by atoms with E-state index in [-0.39, 0.29) is 18.0 Å². The first-order valence-corrected chi connectivity index (χ1v) is 10.4. The summed E-state index contributed by atoms with van der Waals surface area (Å²) in [6.45, 7) is 6.13. The van der Waals surface area contributed by atoms with Gasteiger partial charge in [-0.1, -0.05) is 43.2 Å². The molecular formula is C23H31N3O. The molecule has 0 radical (unpaired) electrons. The molecule has 1 N–H and O–H groups in total. The molecule has 0 saturated heterocycles. The van der Waals surface area contributed by atoms with E-state index in [1.54, 1.807) is 0 Å². The van der Waals surface area contributed by atoms with Crippen molar-refractivity contribution in [2.45, 2.75) is 70.9 Å². The molecule has 2 saturated carbocycles. The Morgan fingerprint density at radius 2 is 1.89 bits per heavy atom. The van der Waals surface area contributed by atoms with E-state index in [0.717, 1.165) is 17.3 Å². The Morgan fingerprint density at radius 3 is 2.56 bits per heavy atom. The number of hydrogen-bond donors (Lipinski definition) is 1. The van der Waals surface area contributed by atoms with E-state index in [4.69, 9.17) is 0 Å². The summed E-state index contributed by atoms with van der Waals surface area (Å²) in [5.41, 5.74) is 3.51. The first kappa shape index (κ1) is 18.3. The summed E-state index contributed by atoms with van der Waals surface area (Å²) in [6, 6.07) is 13.2. The van der Waals surface area contributed by atoms with Crippen LogP contribution in [0, 0.1) is 25.7 Å². The van der Waals surface area contributed by atoms with Crippen LogP contribution in [0.15, 0.2) is 36.4 Å². The van der Waals surface area contributed by atoms with E-state index >= 15 is 0 Å². The molecule has 4 nitrogen and oxygen atoms in total. The van der Waals surface area contributed by atoms with Crippen LogP contribution in [0.5, 0.6) is 0 Å². The van der Waals surface area contributed by atoms with Crippen LogP contribution >= 0.6 is 0 Å². The zero-order valence-corrected chi connectivity index (χ0v) is 16.7. The minimum atomic E-state index is 0.0797. The second-order valence-corrected chi connectivity index (χ2v) is 8.57. The molecule has 2 aromatic rings. The van der Waals surface area contributed by atoms with Gasteiger partial charge in [0.05, 0.1) is 11.7 Å². The van der Waals surface area contributed by atoms with E-state index in [9.17, 15) is 4.79 Å². The third kappa shape index (κ3) is 3.54. The average Bonchev–Trinajstić information content (AvgIpc) is 2.99. The lowest BCUT2D eigenvalue weighted by Crippen LogP contribution is -2.59. The summed E-state index contributed by atoms with van der Waals surface area (Å²) in [4.78, 5) is 12.8. The Balaban J connectivity index is 1.45. The van der Waals surface area contributed by atoms with Gasteiger partial charge in [-0.25, -0.2) is 0 Å². The number of rotatable bonds is 5. The van der Waals surface area contributed by atoms with Gasteiger partial charge in [0, 0.05) is 24.1 Å². The monoisotopic (exact) mass is 365 g/mol. The number of fused-ring (bicyclic) bond motifs is 1. The molecule has 0 aliphatic heterocycles. The van der Waals surface area contributed by atoms with Gasteiger partial charge in [-0.05, 0) is 57.1 Å². The largest absolute Gasteiger partial charge is 0.352 e. The molecule has 0 unspecified atom stereocenters. The Kier molecular flexibility index (Phi) is 5.07. The van der Waals surface area contributed by atoms with Gasteiger partial charge in [0.2, 0.25) is 5.91 Å². The van der Waals surface area contributed by atoms with Gasteiger partial charge in [-0.3, -0.25) is 9.48 Å². The zero-order valence-electron chi connectivity index (χ0n) is 16.7. The van der Waals surface area contributed by atoms with Gasteiger partial charge >= 0.3 is 0 Å². The highest BCUT2D eigenvalue weighted by Crippen LogP contribution is 2.54. The first-order valence-electron chi connectivity index (χ1n) is 10.4. The second-order valence-electron chi connectivity index (χ2n) is 8.57. The molecule has 1 heterocycles. The summed E-state index contributed by atoms with van der Waals surface area (Å²) >= 11 is 0. The maximum Gasteiger partial charge on any atom is 0.222 e. The van der Waals surface area contributed by atoms with E-state index in [1.165, 1.54) is 31.2 Å². The van der Waals surface area contributed by atoms with Crippen LogP contribution in [-0.2, 0) is 4.79 Å². The van der Waals surface area contributed by atoms with Crippen LogP contribution < -0.4 is 5.32 Å². The van der Waals surface area contributed by atoms with E-state index in [0.29, 0.717) is 18.3 Å². The molecule has 4 heteroatoms. The van der Waals surface area contributed by atoms with E-state index < -0.39 is 0 Å². The van der Waals surface area contributed by atoms with Crippen molar-refractivity contribution in [2.75, 3.05) is 0 Å². The SMILES string of the molecule is Cc1cc(C)n([C@H](C)CC(=O)N[C@H]2[C@H]3CCCC[C@@H]3[C@@H]2c2ccccc2)n1. The molecule has 1 aromatic carbocycles. The molecule has 4 rings (SSSR count). The number of aromatic nitrogens is 2. The summed E-state index contributed by atoms with van der Waals surface area (Å²) in [6.07, 6.45) is 5.68. The van der Waals surface area contributed by atoms with Crippen LogP contribution in [0.25, 0.3) is 0 Å². The van der Waals surface area contributed by atoms with E-state index in [1.807, 2.05) is 11.6 Å². The third-order valence-electron chi connectivity index (χ3n) is 6.64. The fourth-order valence-electron chi connectivity index (χ4n) is 5.49. The molecule has 2 aliphatic carbocycles. The number of aryl methyl sites for hydroxylation is 2. The van der Waals surface area contributed by atoms with Crippen molar-refractivity contribution in [3.8, 4) is 0 Å². The number of carbonyl (C=O) groups is 1. The van der Waals surface area contributed by atoms with Crippen LogP contribution in [-0.4, -0.2) is 21.7 Å². The Hall–Kier alpha value is -2.10. The maximum absolute atomic E-state index is 12.8. The number of nitrogens with zero attached hydrogens (tertiary/aromatic N) is 2. The van der Waals surface area contributed by atoms with Crippen molar-refractivity contribution < 1.29 is 4.79 Å². The summed E-state index contributed by atoms with van der Waals surface area (Å²) in [5, 5.41) is 7.95. The Labute approximate surface area is 162 Å². The van der Waals surface area contributed by atoms with Crippen LogP contribution in [0.2, 0.25) is 0 Å². The van der Waals surface area contributed by atoms with Crippen molar-refractivity contribution in [3.63, 3.8) is 0 Å². The smallest absolute Gasteiger partial charge is 0.222 e. The maximum atomic E-state index is 12.8. The molecule has 0 bridgehead atoms. The molecule has 0 spiro atoms. The molecular weight excluding hydrogens is 334 g/mol. The van der Waals surface area contributed by atoms with Crippen molar-refractivity contribution in [1.29, 1.82) is 0 Å². The average molecular weight is 366 g/mol. The Morgan fingerprint density at radius 1 is 1.19 bits per heavy atom. The molecule has 5 atom stereocenters. The van der Waals surface area contributed by atoms with Crippen molar-refractivity contribution in [2.24, 2.45) is 11.8 Å². The minimum absolute atomic E-state index is 0.0797. The topological polar surface area (TPSA) is 46.9 Å². The normalized spacial score (nSPS) is 28.1. The van der Waals surface area contributed by atoms with Gasteiger partial charge in [-0.2, -0.15) is 5.10 Å². The molecule has 144 valence electrons. The Bertz CT molecular complexity index is 797. The molecule has 2 fully saturated rings. The van der Waals surface area contributed by atoms with Crippen LogP contribution in [0.4, 0.5) is 0 Å². The molecule has 2 aliphatic rings. The fraction of sp³-hybridized carbons (Fsp3) is 0.565. The third-order valence-corrected chi connectivity index (χ3v) is 6.64. The van der Waals surface area contributed by atoms with Crippen LogP contribution in [0.1, 0.15) is 67.9 Å². The lowest BCUT2D eigenvalue weighted by Gasteiger charge is -2.55. The summed E-state index contributed by atoms with van der Waals surface area (Å²) in [7, 11) is 0. The quantitative estimate of drug-likeness (QED) is 0.845. The van der Waals surface area contributed by atoms with Gasteiger partial charge < -0.3 is 5.32 Å².